The van der Waals surface area contributed by atoms with Gasteiger partial charge in [-0.1, -0.05) is 12.1 Å². The predicted octanol–water partition coefficient (Wildman–Crippen LogP) is 6.30. The summed E-state index contributed by atoms with van der Waals surface area (Å²) in [6, 6.07) is 7.64. The van der Waals surface area contributed by atoms with Crippen molar-refractivity contribution in [3.05, 3.63) is 47.5 Å². The molecule has 13 nitrogen and oxygen atoms in total. The highest BCUT2D eigenvalue weighted by molar-refractivity contribution is 9.10. The smallest absolute Gasteiger partial charge is 0.410 e. The zero-order chi connectivity index (χ0) is 33.4. The van der Waals surface area contributed by atoms with Crippen molar-refractivity contribution in [3.8, 4) is 16.9 Å². The SMILES string of the molecule is CC(C)(C)OC(=O)N1CCC(n2c(Br)c(-c3ccc(OC/C=C/N=N)cc3)c3c(N)ncnc32)C1.CNCOC(=O)C(C)(C)C. The van der Waals surface area contributed by atoms with Crippen LogP contribution < -0.4 is 15.8 Å². The van der Waals surface area contributed by atoms with Gasteiger partial charge in [-0.3, -0.25) is 10.1 Å². The minimum atomic E-state index is -0.548. The topological polar surface area (TPSA) is 170 Å². The third-order valence-corrected chi connectivity index (χ3v) is 7.34. The number of fused-ring (bicyclic) bond motifs is 1. The number of nitrogen functional groups attached to an aromatic ring is 1. The Hall–Kier alpha value is -4.04. The van der Waals surface area contributed by atoms with Crippen LogP contribution in [0.2, 0.25) is 0 Å². The normalized spacial score (nSPS) is 15.1. The minimum absolute atomic E-state index is 0.000661. The van der Waals surface area contributed by atoms with Crippen LogP contribution >= 0.6 is 15.9 Å². The summed E-state index contributed by atoms with van der Waals surface area (Å²) in [4.78, 5) is 34.1. The van der Waals surface area contributed by atoms with Crippen molar-refractivity contribution in [1.29, 1.82) is 5.53 Å². The van der Waals surface area contributed by atoms with Gasteiger partial charge < -0.3 is 29.4 Å². The van der Waals surface area contributed by atoms with Gasteiger partial charge in [0.2, 0.25) is 0 Å². The predicted molar refractivity (Wildman–Crippen MR) is 176 cm³/mol. The molecule has 1 unspecified atom stereocenters. The van der Waals surface area contributed by atoms with E-state index in [-0.39, 0.29) is 24.8 Å². The van der Waals surface area contributed by atoms with E-state index in [1.165, 1.54) is 12.5 Å². The van der Waals surface area contributed by atoms with Crippen LogP contribution in [-0.2, 0) is 14.3 Å². The van der Waals surface area contributed by atoms with E-state index in [4.69, 9.17) is 25.5 Å². The quantitative estimate of drug-likeness (QED) is 0.140. The number of ether oxygens (including phenoxy) is 3. The molecular weight excluding hydrogens is 644 g/mol. The third kappa shape index (κ3) is 9.47. The first-order valence-corrected chi connectivity index (χ1v) is 15.3. The molecule has 14 heteroatoms. The van der Waals surface area contributed by atoms with Crippen LogP contribution in [0.5, 0.6) is 5.75 Å². The summed E-state index contributed by atoms with van der Waals surface area (Å²) in [5, 5.41) is 6.64. The lowest BCUT2D eigenvalue weighted by molar-refractivity contribution is -0.153. The molecule has 1 aliphatic heterocycles. The second-order valence-electron chi connectivity index (χ2n) is 12.4. The molecule has 0 bridgehead atoms. The Morgan fingerprint density at radius 1 is 1.18 bits per heavy atom. The number of carbonyl (C=O) groups is 2. The second kappa shape index (κ2) is 15.3. The summed E-state index contributed by atoms with van der Waals surface area (Å²) in [6.45, 7) is 12.8. The average molecular weight is 688 g/mol. The first kappa shape index (κ1) is 35.4. The Balaban J connectivity index is 0.000000477. The fraction of sp³-hybridized carbons (Fsp3) is 0.484. The molecule has 1 fully saturated rings. The lowest BCUT2D eigenvalue weighted by Gasteiger charge is -2.24. The van der Waals surface area contributed by atoms with Crippen LogP contribution in [0.15, 0.2) is 52.6 Å². The highest BCUT2D eigenvalue weighted by atomic mass is 79.9. The van der Waals surface area contributed by atoms with E-state index < -0.39 is 11.0 Å². The van der Waals surface area contributed by atoms with Crippen molar-refractivity contribution in [2.45, 2.75) is 59.6 Å². The van der Waals surface area contributed by atoms with Gasteiger partial charge in [0.05, 0.1) is 21.4 Å². The van der Waals surface area contributed by atoms with Gasteiger partial charge in [0.25, 0.3) is 0 Å². The summed E-state index contributed by atoms with van der Waals surface area (Å²) in [6.07, 6.45) is 4.93. The van der Waals surface area contributed by atoms with Gasteiger partial charge >= 0.3 is 12.1 Å². The van der Waals surface area contributed by atoms with Crippen molar-refractivity contribution in [3.63, 3.8) is 0 Å². The molecule has 2 aromatic heterocycles. The average Bonchev–Trinajstić information content (AvgIpc) is 3.56. The van der Waals surface area contributed by atoms with Gasteiger partial charge in [-0.2, -0.15) is 5.11 Å². The summed E-state index contributed by atoms with van der Waals surface area (Å²) in [7, 11) is 1.73. The van der Waals surface area contributed by atoms with Gasteiger partial charge in [-0.15, -0.1) is 0 Å². The van der Waals surface area contributed by atoms with Crippen LogP contribution in [-0.4, -0.2) is 70.6 Å². The van der Waals surface area contributed by atoms with Crippen LogP contribution in [0.3, 0.4) is 0 Å². The van der Waals surface area contributed by atoms with Crippen molar-refractivity contribution in [2.75, 3.05) is 39.2 Å². The van der Waals surface area contributed by atoms with Crippen LogP contribution in [0, 0.1) is 10.9 Å². The van der Waals surface area contributed by atoms with E-state index in [2.05, 4.69) is 40.9 Å². The van der Waals surface area contributed by atoms with Crippen LogP contribution in [0.4, 0.5) is 10.6 Å². The molecule has 4 N–H and O–H groups in total. The number of likely N-dealkylation sites (tertiary alicyclic amines) is 1. The molecule has 1 aromatic carbocycles. The van der Waals surface area contributed by atoms with Crippen molar-refractivity contribution < 1.29 is 23.8 Å². The number of aromatic nitrogens is 3. The van der Waals surface area contributed by atoms with E-state index in [1.807, 2.05) is 65.8 Å². The molecule has 1 amide bonds. The van der Waals surface area contributed by atoms with Gasteiger partial charge in [0.15, 0.2) is 0 Å². The Kier molecular flexibility index (Phi) is 12.1. The fourth-order valence-corrected chi connectivity index (χ4v) is 5.37. The first-order chi connectivity index (χ1) is 21.2. The van der Waals surface area contributed by atoms with E-state index >= 15 is 0 Å². The van der Waals surface area contributed by atoms with Crippen molar-refractivity contribution in [1.82, 2.24) is 24.8 Å². The maximum Gasteiger partial charge on any atom is 0.410 e. The summed E-state index contributed by atoms with van der Waals surface area (Å²) in [5.41, 5.74) is 14.7. The molecule has 1 aliphatic rings. The number of benzene rings is 1. The lowest BCUT2D eigenvalue weighted by Crippen LogP contribution is -2.35. The number of nitrogens with one attached hydrogen (secondary N) is 2. The van der Waals surface area contributed by atoms with E-state index in [0.29, 0.717) is 36.9 Å². The molecule has 244 valence electrons. The van der Waals surface area contributed by atoms with E-state index in [0.717, 1.165) is 27.5 Å². The number of halogens is 1. The Morgan fingerprint density at radius 2 is 1.87 bits per heavy atom. The second-order valence-corrected chi connectivity index (χ2v) is 13.1. The minimum Gasteiger partial charge on any atom is -0.489 e. The molecule has 0 spiro atoms. The summed E-state index contributed by atoms with van der Waals surface area (Å²) >= 11 is 3.80. The molecule has 1 atom stereocenters. The molecule has 0 saturated carbocycles. The number of hydrogen-bond acceptors (Lipinski definition) is 11. The molecule has 0 aliphatic carbocycles. The fourth-order valence-electron chi connectivity index (χ4n) is 4.48. The van der Waals surface area contributed by atoms with Crippen LogP contribution in [0.25, 0.3) is 22.2 Å². The Labute approximate surface area is 272 Å². The van der Waals surface area contributed by atoms with Crippen molar-refractivity contribution >= 4 is 44.8 Å². The van der Waals surface area contributed by atoms with Crippen molar-refractivity contribution in [2.24, 2.45) is 10.5 Å². The third-order valence-electron chi connectivity index (χ3n) is 6.56. The summed E-state index contributed by atoms with van der Waals surface area (Å²) < 4.78 is 18.9. The molecule has 45 heavy (non-hydrogen) atoms. The molecule has 1 saturated heterocycles. The number of anilines is 1. The van der Waals surface area contributed by atoms with Gasteiger partial charge in [0, 0.05) is 24.9 Å². The van der Waals surface area contributed by atoms with Gasteiger partial charge in [-0.05, 0) is 94.7 Å². The number of amides is 1. The summed E-state index contributed by atoms with van der Waals surface area (Å²) in [5.74, 6) is 0.897. The Morgan fingerprint density at radius 3 is 2.47 bits per heavy atom. The zero-order valence-electron chi connectivity index (χ0n) is 26.9. The molecule has 0 radical (unpaired) electrons. The number of rotatable bonds is 8. The number of carbonyl (C=O) groups excluding carboxylic acids is 2. The molecule has 3 heterocycles. The van der Waals surface area contributed by atoms with Gasteiger partial charge in [0.1, 0.15) is 42.5 Å². The van der Waals surface area contributed by atoms with E-state index in [1.54, 1.807) is 18.0 Å². The Bertz CT molecular complexity index is 1510. The van der Waals surface area contributed by atoms with E-state index in [9.17, 15) is 9.59 Å². The molecule has 4 rings (SSSR count). The number of nitrogens with two attached hydrogens (primary N) is 1. The largest absolute Gasteiger partial charge is 0.489 e. The highest BCUT2D eigenvalue weighted by Crippen LogP contribution is 2.43. The van der Waals surface area contributed by atoms with Gasteiger partial charge in [-0.25, -0.2) is 20.3 Å². The highest BCUT2D eigenvalue weighted by Gasteiger charge is 2.34. The molecule has 3 aromatic rings. The lowest BCUT2D eigenvalue weighted by atomic mass is 9.98. The van der Waals surface area contributed by atoms with Crippen LogP contribution in [0.1, 0.15) is 54.0 Å². The zero-order valence-corrected chi connectivity index (χ0v) is 28.5. The number of esters is 1. The number of hydrogen-bond donors (Lipinski definition) is 3. The first-order valence-electron chi connectivity index (χ1n) is 14.5. The maximum absolute atomic E-state index is 12.6. The maximum atomic E-state index is 12.6. The standard InChI is InChI=1S/C24H28BrN7O3.C7H15NO2/c1-24(2,3)35-23(33)31-11-9-16(13-31)32-20(25)18(19-21(26)28-14-29-22(19)32)15-5-7-17(8-6-15)34-12-4-10-30-27;1-7(2,3)6(9)10-5-8-4/h4-8,10,14,16,27H,9,11-13H2,1-3H3,(H2,26,28,29);8H,5H2,1-4H3/b10-4+,30-27?;. The monoisotopic (exact) mass is 686 g/mol. The number of nitrogens with zero attached hydrogens (tertiary/aromatic N) is 5. The molecular formula is C31H43BrN8O5.